The molecular weight excluding hydrogens is 312 g/mol. The minimum absolute atomic E-state index is 0.138. The fourth-order valence-electron chi connectivity index (χ4n) is 1.84. The summed E-state index contributed by atoms with van der Waals surface area (Å²) in [5.74, 6) is -0.548. The van der Waals surface area contributed by atoms with Gasteiger partial charge in [-0.15, -0.1) is 11.6 Å². The third-order valence-electron chi connectivity index (χ3n) is 3.10. The fourth-order valence-corrected chi connectivity index (χ4v) is 3.28. The molecule has 21 heavy (non-hydrogen) atoms. The summed E-state index contributed by atoms with van der Waals surface area (Å²) in [6.07, 6.45) is 1.80. The van der Waals surface area contributed by atoms with E-state index < -0.39 is 16.1 Å². The van der Waals surface area contributed by atoms with Crippen molar-refractivity contribution in [2.24, 2.45) is 5.73 Å². The molecule has 0 aliphatic carbocycles. The van der Waals surface area contributed by atoms with Crippen LogP contribution in [0.25, 0.3) is 0 Å². The first-order chi connectivity index (χ1) is 9.90. The van der Waals surface area contributed by atoms with Crippen LogP contribution in [0.5, 0.6) is 0 Å². The van der Waals surface area contributed by atoms with Gasteiger partial charge in [-0.05, 0) is 38.4 Å². The number of hydrogen-bond donors (Lipinski definition) is 2. The fraction of sp³-hybridized carbons (Fsp3) is 0.500. The Bertz CT molecular complexity index is 558. The Morgan fingerprint density at radius 2 is 1.90 bits per heavy atom. The van der Waals surface area contributed by atoms with Gasteiger partial charge in [-0.25, -0.2) is 13.1 Å². The Morgan fingerprint density at radius 3 is 2.43 bits per heavy atom. The number of aryl methyl sites for hydroxylation is 1. The molecule has 1 aromatic carbocycles. The monoisotopic (exact) mass is 332 g/mol. The zero-order chi connectivity index (χ0) is 15.9. The van der Waals surface area contributed by atoms with Crippen LogP contribution in [-0.2, 0) is 14.8 Å². The van der Waals surface area contributed by atoms with Crippen molar-refractivity contribution in [3.63, 3.8) is 0 Å². The molecule has 0 amide bonds. The van der Waals surface area contributed by atoms with Crippen LogP contribution in [0.4, 0.5) is 0 Å². The molecule has 0 aliphatic rings. The zero-order valence-electron chi connectivity index (χ0n) is 12.0. The van der Waals surface area contributed by atoms with Crippen LogP contribution in [0.2, 0.25) is 0 Å². The lowest BCUT2D eigenvalue weighted by molar-refractivity contribution is -0.118. The van der Waals surface area contributed by atoms with Gasteiger partial charge < -0.3 is 5.73 Å². The van der Waals surface area contributed by atoms with E-state index in [0.29, 0.717) is 19.4 Å². The van der Waals surface area contributed by atoms with E-state index in [1.54, 1.807) is 12.1 Å². The summed E-state index contributed by atoms with van der Waals surface area (Å²) >= 11 is 5.55. The van der Waals surface area contributed by atoms with Crippen molar-refractivity contribution in [2.45, 2.75) is 37.1 Å². The maximum absolute atomic E-state index is 12.3. The van der Waals surface area contributed by atoms with Crippen LogP contribution in [0, 0.1) is 6.92 Å². The molecule has 3 N–H and O–H groups in total. The Labute approximate surface area is 130 Å². The summed E-state index contributed by atoms with van der Waals surface area (Å²) in [5, 5.41) is 0. The molecule has 0 fully saturated rings. The summed E-state index contributed by atoms with van der Waals surface area (Å²) in [5.41, 5.74) is 6.37. The number of halogens is 1. The molecule has 118 valence electrons. The van der Waals surface area contributed by atoms with Crippen LogP contribution >= 0.6 is 11.6 Å². The molecule has 5 nitrogen and oxygen atoms in total. The summed E-state index contributed by atoms with van der Waals surface area (Å²) < 4.78 is 27.0. The van der Waals surface area contributed by atoms with E-state index in [9.17, 15) is 13.2 Å². The van der Waals surface area contributed by atoms with Crippen LogP contribution in [0.1, 0.15) is 24.8 Å². The van der Waals surface area contributed by atoms with Gasteiger partial charge in [-0.1, -0.05) is 24.1 Å². The minimum atomic E-state index is -3.73. The quantitative estimate of drug-likeness (QED) is 0.530. The molecule has 0 bridgehead atoms. The number of hydrogen-bond acceptors (Lipinski definition) is 4. The van der Waals surface area contributed by atoms with E-state index in [-0.39, 0.29) is 16.6 Å². The molecule has 0 saturated heterocycles. The van der Waals surface area contributed by atoms with Gasteiger partial charge in [0, 0.05) is 0 Å². The van der Waals surface area contributed by atoms with E-state index in [1.807, 2.05) is 6.92 Å². The summed E-state index contributed by atoms with van der Waals surface area (Å²) in [4.78, 5) is 11.9. The Kier molecular flexibility index (Phi) is 7.31. The van der Waals surface area contributed by atoms with Gasteiger partial charge in [0.1, 0.15) is 0 Å². The molecule has 0 aromatic heterocycles. The Morgan fingerprint density at radius 1 is 1.29 bits per heavy atom. The van der Waals surface area contributed by atoms with Crippen molar-refractivity contribution in [1.82, 2.24) is 4.72 Å². The number of sulfonamides is 1. The van der Waals surface area contributed by atoms with Gasteiger partial charge in [0.05, 0.1) is 16.8 Å². The van der Waals surface area contributed by atoms with Gasteiger partial charge in [0.2, 0.25) is 10.0 Å². The lowest BCUT2D eigenvalue weighted by Gasteiger charge is -2.16. The molecule has 1 rings (SSSR count). The van der Waals surface area contributed by atoms with Crippen molar-refractivity contribution >= 4 is 27.4 Å². The van der Waals surface area contributed by atoms with Crippen molar-refractivity contribution in [1.29, 1.82) is 0 Å². The van der Waals surface area contributed by atoms with Crippen LogP contribution in [-0.4, -0.2) is 32.7 Å². The van der Waals surface area contributed by atoms with Crippen LogP contribution < -0.4 is 10.5 Å². The molecule has 0 heterocycles. The van der Waals surface area contributed by atoms with Crippen molar-refractivity contribution in [3.05, 3.63) is 29.8 Å². The van der Waals surface area contributed by atoms with E-state index in [4.69, 9.17) is 17.3 Å². The van der Waals surface area contributed by atoms with E-state index in [1.165, 1.54) is 12.1 Å². The highest BCUT2D eigenvalue weighted by Gasteiger charge is 2.24. The van der Waals surface area contributed by atoms with Gasteiger partial charge >= 0.3 is 0 Å². The van der Waals surface area contributed by atoms with Crippen molar-refractivity contribution in [2.75, 3.05) is 12.4 Å². The second-order valence-electron chi connectivity index (χ2n) is 4.87. The van der Waals surface area contributed by atoms with Gasteiger partial charge in [0.25, 0.3) is 0 Å². The summed E-state index contributed by atoms with van der Waals surface area (Å²) in [6, 6.07) is 5.64. The number of benzene rings is 1. The van der Waals surface area contributed by atoms with Gasteiger partial charge in [-0.2, -0.15) is 0 Å². The highest BCUT2D eigenvalue weighted by Crippen LogP contribution is 2.13. The maximum Gasteiger partial charge on any atom is 0.241 e. The highest BCUT2D eigenvalue weighted by atomic mass is 35.5. The number of nitrogens with two attached hydrogens (primary N) is 1. The molecular formula is C14H21ClN2O3S. The number of ketones is 1. The van der Waals surface area contributed by atoms with Gasteiger partial charge in [-0.3, -0.25) is 4.79 Å². The normalized spacial score (nSPS) is 13.1. The molecule has 0 spiro atoms. The van der Waals surface area contributed by atoms with E-state index >= 15 is 0 Å². The predicted molar refractivity (Wildman–Crippen MR) is 83.9 cm³/mol. The number of rotatable bonds is 9. The second-order valence-corrected chi connectivity index (χ2v) is 6.85. The molecule has 0 aliphatic heterocycles. The third-order valence-corrected chi connectivity index (χ3v) is 4.85. The average Bonchev–Trinajstić information content (AvgIpc) is 2.46. The number of nitrogens with one attached hydrogen (secondary N) is 1. The maximum atomic E-state index is 12.3. The average molecular weight is 333 g/mol. The Hall–Kier alpha value is -0.950. The SMILES string of the molecule is Cc1ccc(S(=O)(=O)N[C@H](CCCCN)C(=O)CCl)cc1. The number of carbonyl (C=O) groups excluding carboxylic acids is 1. The minimum Gasteiger partial charge on any atom is -0.330 e. The first-order valence-corrected chi connectivity index (χ1v) is 8.80. The second kappa shape index (κ2) is 8.48. The zero-order valence-corrected chi connectivity index (χ0v) is 13.6. The molecule has 0 saturated carbocycles. The topological polar surface area (TPSA) is 89.3 Å². The number of unbranched alkanes of at least 4 members (excludes halogenated alkanes) is 1. The third kappa shape index (κ3) is 5.74. The van der Waals surface area contributed by atoms with Crippen LogP contribution in [0.15, 0.2) is 29.2 Å². The van der Waals surface area contributed by atoms with Gasteiger partial charge in [0.15, 0.2) is 5.78 Å². The Balaban J connectivity index is 2.85. The molecule has 7 heteroatoms. The van der Waals surface area contributed by atoms with E-state index in [0.717, 1.165) is 12.0 Å². The number of carbonyl (C=O) groups is 1. The lowest BCUT2D eigenvalue weighted by atomic mass is 10.1. The van der Waals surface area contributed by atoms with E-state index in [2.05, 4.69) is 4.72 Å². The molecule has 1 aromatic rings. The molecule has 0 unspecified atom stereocenters. The first-order valence-electron chi connectivity index (χ1n) is 6.78. The van der Waals surface area contributed by atoms with Crippen LogP contribution in [0.3, 0.4) is 0 Å². The number of Topliss-reactive ketones (excluding diaryl/α,β-unsaturated/α-hetero) is 1. The number of alkyl halides is 1. The summed E-state index contributed by atoms with van der Waals surface area (Å²) in [7, 11) is -3.73. The summed E-state index contributed by atoms with van der Waals surface area (Å²) in [6.45, 7) is 2.38. The molecule has 0 radical (unpaired) electrons. The van der Waals surface area contributed by atoms with Crippen molar-refractivity contribution < 1.29 is 13.2 Å². The standard InChI is InChI=1S/C14H21ClN2O3S/c1-11-5-7-12(8-6-11)21(19,20)17-13(14(18)10-15)4-2-3-9-16/h5-8,13,17H,2-4,9-10,16H2,1H3/t13-/m1/s1. The lowest BCUT2D eigenvalue weighted by Crippen LogP contribution is -2.41. The highest BCUT2D eigenvalue weighted by molar-refractivity contribution is 7.89. The first kappa shape index (κ1) is 18.1. The predicted octanol–water partition coefficient (Wildman–Crippen LogP) is 1.58. The molecule has 1 atom stereocenters. The smallest absolute Gasteiger partial charge is 0.241 e. The van der Waals surface area contributed by atoms with Crippen molar-refractivity contribution in [3.8, 4) is 0 Å². The largest absolute Gasteiger partial charge is 0.330 e.